The molecule has 0 N–H and O–H groups in total. The summed E-state index contributed by atoms with van der Waals surface area (Å²) in [5.74, 6) is 0.851. The summed E-state index contributed by atoms with van der Waals surface area (Å²) in [6.45, 7) is 4.85. The monoisotopic (exact) mass is 590 g/mol. The van der Waals surface area contributed by atoms with Gasteiger partial charge < -0.3 is 9.47 Å². The van der Waals surface area contributed by atoms with Gasteiger partial charge in [-0.15, -0.1) is 0 Å². The van der Waals surface area contributed by atoms with E-state index in [-0.39, 0.29) is 0 Å². The van der Waals surface area contributed by atoms with Crippen LogP contribution in [0.25, 0.3) is 0 Å². The van der Waals surface area contributed by atoms with E-state index in [0.29, 0.717) is 34.3 Å². The number of aryl methyl sites for hydroxylation is 1. The zero-order valence-electron chi connectivity index (χ0n) is 25.5. The predicted octanol–water partition coefficient (Wildman–Crippen LogP) is 12.1. The van der Waals surface area contributed by atoms with Crippen molar-refractivity contribution in [2.24, 2.45) is 10.2 Å². The van der Waals surface area contributed by atoms with Crippen LogP contribution in [0, 0.1) is 6.92 Å². The van der Waals surface area contributed by atoms with Crippen molar-refractivity contribution in [3.05, 3.63) is 82.9 Å². The van der Waals surface area contributed by atoms with Crippen LogP contribution in [0.3, 0.4) is 0 Å². The molecule has 0 heterocycles. The topological polar surface area (TPSA) is 60.2 Å². The maximum absolute atomic E-state index is 12.7. The summed E-state index contributed by atoms with van der Waals surface area (Å²) in [5.41, 5.74) is 2.65. The van der Waals surface area contributed by atoms with E-state index < -0.39 is 5.97 Å². The highest BCUT2D eigenvalue weighted by Crippen LogP contribution is 2.27. The molecule has 5 nitrogen and oxygen atoms in total. The number of carbonyl (C=O) groups is 1. The van der Waals surface area contributed by atoms with Crippen LogP contribution in [0.5, 0.6) is 11.5 Å². The number of benzene rings is 3. The van der Waals surface area contributed by atoms with Gasteiger partial charge in [0.05, 0.1) is 23.5 Å². The van der Waals surface area contributed by atoms with E-state index in [9.17, 15) is 4.79 Å². The van der Waals surface area contributed by atoms with E-state index in [0.717, 1.165) is 17.7 Å². The second kappa shape index (κ2) is 19.9. The number of hydrogen-bond donors (Lipinski definition) is 0. The van der Waals surface area contributed by atoms with Crippen molar-refractivity contribution in [2.45, 2.75) is 104 Å². The van der Waals surface area contributed by atoms with Crippen molar-refractivity contribution in [3.8, 4) is 11.5 Å². The third-order valence-corrected chi connectivity index (χ3v) is 7.58. The molecular weight excluding hydrogens is 544 g/mol. The Morgan fingerprint density at radius 3 is 1.76 bits per heavy atom. The van der Waals surface area contributed by atoms with Crippen molar-refractivity contribution < 1.29 is 14.3 Å². The number of carbonyl (C=O) groups excluding carboxylic acids is 1. The van der Waals surface area contributed by atoms with Crippen molar-refractivity contribution in [2.75, 3.05) is 6.61 Å². The van der Waals surface area contributed by atoms with Gasteiger partial charge in [-0.3, -0.25) is 0 Å². The predicted molar refractivity (Wildman–Crippen MR) is 174 cm³/mol. The van der Waals surface area contributed by atoms with Gasteiger partial charge in [-0.05, 0) is 85.6 Å². The molecular formula is C36H47ClN2O3. The Morgan fingerprint density at radius 1 is 0.667 bits per heavy atom. The number of rotatable bonds is 20. The first kappa shape index (κ1) is 33.3. The second-order valence-electron chi connectivity index (χ2n) is 11.0. The molecule has 3 aromatic rings. The van der Waals surface area contributed by atoms with Gasteiger partial charge in [0.15, 0.2) is 0 Å². The highest BCUT2D eigenvalue weighted by Gasteiger charge is 2.11. The number of hydrogen-bond acceptors (Lipinski definition) is 5. The average Bonchev–Trinajstić information content (AvgIpc) is 3.00. The van der Waals surface area contributed by atoms with Crippen LogP contribution in [-0.4, -0.2) is 12.6 Å². The molecule has 0 bridgehead atoms. The first-order valence-corrected chi connectivity index (χ1v) is 16.2. The Balaban J connectivity index is 1.27. The molecule has 0 aliphatic heterocycles. The van der Waals surface area contributed by atoms with Crippen LogP contribution >= 0.6 is 11.6 Å². The van der Waals surface area contributed by atoms with Gasteiger partial charge in [-0.1, -0.05) is 102 Å². The largest absolute Gasteiger partial charge is 0.494 e. The number of esters is 1. The lowest BCUT2D eigenvalue weighted by Gasteiger charge is -2.09. The van der Waals surface area contributed by atoms with Gasteiger partial charge in [-0.25, -0.2) is 4.79 Å². The normalized spacial score (nSPS) is 11.2. The molecule has 0 saturated carbocycles. The molecule has 3 rings (SSSR count). The molecule has 0 spiro atoms. The van der Waals surface area contributed by atoms with E-state index >= 15 is 0 Å². The minimum absolute atomic E-state index is 0.410. The van der Waals surface area contributed by atoms with Gasteiger partial charge in [0.25, 0.3) is 0 Å². The van der Waals surface area contributed by atoms with E-state index in [2.05, 4.69) is 17.2 Å². The van der Waals surface area contributed by atoms with E-state index in [4.69, 9.17) is 21.1 Å². The van der Waals surface area contributed by atoms with Crippen LogP contribution in [0.15, 0.2) is 77.0 Å². The minimum Gasteiger partial charge on any atom is -0.494 e. The summed E-state index contributed by atoms with van der Waals surface area (Å²) < 4.78 is 11.5. The van der Waals surface area contributed by atoms with Crippen molar-refractivity contribution in [1.29, 1.82) is 0 Å². The molecule has 6 heteroatoms. The molecule has 0 saturated heterocycles. The molecule has 0 atom stereocenters. The zero-order valence-corrected chi connectivity index (χ0v) is 26.2. The maximum Gasteiger partial charge on any atom is 0.343 e. The van der Waals surface area contributed by atoms with Crippen LogP contribution in [0.4, 0.5) is 11.4 Å². The Hall–Kier alpha value is -3.18. The molecule has 42 heavy (non-hydrogen) atoms. The van der Waals surface area contributed by atoms with E-state index in [1.165, 1.54) is 83.5 Å². The first-order chi connectivity index (χ1) is 20.5. The molecule has 0 aliphatic carbocycles. The summed E-state index contributed by atoms with van der Waals surface area (Å²) in [7, 11) is 0. The SMILES string of the molecule is CCCCCCCCCCCCCCCCOc1ccc(C(=O)Oc2ccc(N=Nc3ccc(Cl)cc3)cc2C)cc1. The minimum atomic E-state index is -0.410. The molecule has 0 amide bonds. The standard InChI is InChI=1S/C36H47ClN2O3/c1-3-4-5-6-7-8-9-10-11-12-13-14-15-16-27-41-34-24-17-30(18-25-34)36(40)42-35-26-23-33(28-29(35)2)39-38-32-21-19-31(37)20-22-32/h17-26,28H,3-16,27H2,1-2H3. The number of ether oxygens (including phenoxy) is 2. The third kappa shape index (κ3) is 13.2. The zero-order chi connectivity index (χ0) is 29.8. The van der Waals surface area contributed by atoms with Crippen LogP contribution in [-0.2, 0) is 0 Å². The van der Waals surface area contributed by atoms with Gasteiger partial charge in [0.2, 0.25) is 0 Å². The molecule has 0 radical (unpaired) electrons. The smallest absolute Gasteiger partial charge is 0.343 e. The van der Waals surface area contributed by atoms with Crippen LogP contribution in [0.1, 0.15) is 113 Å². The quantitative estimate of drug-likeness (QED) is 0.0569. The highest BCUT2D eigenvalue weighted by atomic mass is 35.5. The van der Waals surface area contributed by atoms with Crippen molar-refractivity contribution >= 4 is 28.9 Å². The van der Waals surface area contributed by atoms with Gasteiger partial charge in [0.1, 0.15) is 11.5 Å². The van der Waals surface area contributed by atoms with Crippen LogP contribution in [0.2, 0.25) is 5.02 Å². The van der Waals surface area contributed by atoms with Crippen molar-refractivity contribution in [1.82, 2.24) is 0 Å². The lowest BCUT2D eigenvalue weighted by atomic mass is 10.0. The summed E-state index contributed by atoms with van der Waals surface area (Å²) in [4.78, 5) is 12.7. The lowest BCUT2D eigenvalue weighted by Crippen LogP contribution is -2.09. The maximum atomic E-state index is 12.7. The second-order valence-corrected chi connectivity index (χ2v) is 11.4. The number of nitrogens with zero attached hydrogens (tertiary/aromatic N) is 2. The van der Waals surface area contributed by atoms with Crippen LogP contribution < -0.4 is 9.47 Å². The first-order valence-electron chi connectivity index (χ1n) is 15.8. The van der Waals surface area contributed by atoms with Gasteiger partial charge >= 0.3 is 5.97 Å². The van der Waals surface area contributed by atoms with E-state index in [1.54, 1.807) is 48.5 Å². The Labute approximate surface area is 257 Å². The third-order valence-electron chi connectivity index (χ3n) is 7.33. The van der Waals surface area contributed by atoms with E-state index in [1.807, 2.05) is 25.1 Å². The molecule has 0 unspecified atom stereocenters. The Kier molecular flexibility index (Phi) is 15.8. The average molecular weight is 591 g/mol. The lowest BCUT2D eigenvalue weighted by molar-refractivity contribution is 0.0733. The highest BCUT2D eigenvalue weighted by molar-refractivity contribution is 6.30. The fraction of sp³-hybridized carbons (Fsp3) is 0.472. The fourth-order valence-electron chi connectivity index (χ4n) is 4.77. The Bertz CT molecular complexity index is 1210. The van der Waals surface area contributed by atoms with Gasteiger partial charge in [0, 0.05) is 5.02 Å². The molecule has 226 valence electrons. The number of halogens is 1. The summed E-state index contributed by atoms with van der Waals surface area (Å²) in [6, 6.07) is 19.6. The summed E-state index contributed by atoms with van der Waals surface area (Å²) in [5, 5.41) is 9.12. The molecule has 0 aromatic heterocycles. The van der Waals surface area contributed by atoms with Crippen molar-refractivity contribution in [3.63, 3.8) is 0 Å². The number of unbranched alkanes of at least 4 members (excludes halogenated alkanes) is 13. The molecule has 0 aliphatic rings. The Morgan fingerprint density at radius 2 is 1.19 bits per heavy atom. The molecule has 0 fully saturated rings. The fourth-order valence-corrected chi connectivity index (χ4v) is 4.89. The number of azo groups is 1. The summed E-state index contributed by atoms with van der Waals surface area (Å²) >= 11 is 5.91. The molecule has 3 aromatic carbocycles. The summed E-state index contributed by atoms with van der Waals surface area (Å²) in [6.07, 6.45) is 18.8. The van der Waals surface area contributed by atoms with Gasteiger partial charge in [-0.2, -0.15) is 10.2 Å².